The zero-order valence-electron chi connectivity index (χ0n) is 7.59. The average Bonchev–Trinajstić information content (AvgIpc) is 2.46. The van der Waals surface area contributed by atoms with E-state index in [1.165, 1.54) is 0 Å². The minimum absolute atomic E-state index is 0.155. The summed E-state index contributed by atoms with van der Waals surface area (Å²) in [6, 6.07) is 0. The van der Waals surface area contributed by atoms with E-state index >= 15 is 0 Å². The van der Waals surface area contributed by atoms with Crippen LogP contribution in [-0.4, -0.2) is 23.7 Å². The quantitative estimate of drug-likeness (QED) is 0.582. The molecule has 0 aromatic rings. The normalized spacial score (nSPS) is 20.5. The van der Waals surface area contributed by atoms with Crippen LogP contribution in [0.15, 0.2) is 22.5 Å². The number of hydrogen-bond donors (Lipinski definition) is 2. The molecule has 2 aliphatic rings. The maximum atomic E-state index is 11.1. The monoisotopic (exact) mass is 195 g/mol. The molecule has 0 spiro atoms. The van der Waals surface area contributed by atoms with Crippen LogP contribution in [0.1, 0.15) is 13.3 Å². The second-order valence-electron chi connectivity index (χ2n) is 3.24. The molecule has 0 aliphatic carbocycles. The number of allylic oxidation sites excluding steroid dienone is 1. The molecule has 0 saturated carbocycles. The van der Waals surface area contributed by atoms with Gasteiger partial charge in [0.2, 0.25) is 0 Å². The number of cyclic esters (lactones) is 1. The molecule has 2 aliphatic heterocycles. The fourth-order valence-electron chi connectivity index (χ4n) is 1.57. The number of dihydropyridines is 1. The van der Waals surface area contributed by atoms with Crippen LogP contribution in [0.2, 0.25) is 0 Å². The highest BCUT2D eigenvalue weighted by molar-refractivity contribution is 5.97. The predicted octanol–water partition coefficient (Wildman–Crippen LogP) is 0.149. The molecule has 14 heavy (non-hydrogen) atoms. The van der Waals surface area contributed by atoms with Crippen molar-refractivity contribution < 1.29 is 19.4 Å². The lowest BCUT2D eigenvalue weighted by Crippen LogP contribution is -2.23. The summed E-state index contributed by atoms with van der Waals surface area (Å²) < 4.78 is 4.78. The van der Waals surface area contributed by atoms with Crippen LogP contribution >= 0.6 is 0 Å². The van der Waals surface area contributed by atoms with E-state index in [0.717, 1.165) is 0 Å². The lowest BCUT2D eigenvalue weighted by atomic mass is 9.99. The summed E-state index contributed by atoms with van der Waals surface area (Å²) in [5.74, 6) is -1.42. The van der Waals surface area contributed by atoms with Gasteiger partial charge in [0.15, 0.2) is 0 Å². The molecule has 0 bridgehead atoms. The number of carbonyl (C=O) groups excluding carboxylic acids is 1. The number of rotatable bonds is 1. The lowest BCUT2D eigenvalue weighted by molar-refractivity contribution is -0.136. The van der Waals surface area contributed by atoms with Crippen LogP contribution in [0.3, 0.4) is 0 Å². The summed E-state index contributed by atoms with van der Waals surface area (Å²) in [6.45, 7) is 1.90. The molecule has 74 valence electrons. The number of carboxylic acids is 1. The van der Waals surface area contributed by atoms with Gasteiger partial charge in [-0.15, -0.1) is 0 Å². The summed E-state index contributed by atoms with van der Waals surface area (Å²) in [5.41, 5.74) is 1.93. The third kappa shape index (κ3) is 1.17. The van der Waals surface area contributed by atoms with Crippen LogP contribution in [0.5, 0.6) is 0 Å². The Morgan fingerprint density at radius 3 is 2.93 bits per heavy atom. The molecule has 2 N–H and O–H groups in total. The molecule has 0 radical (unpaired) electrons. The van der Waals surface area contributed by atoms with Crippen molar-refractivity contribution in [3.05, 3.63) is 22.5 Å². The maximum absolute atomic E-state index is 11.1. The van der Waals surface area contributed by atoms with Crippen molar-refractivity contribution >= 4 is 11.9 Å². The Morgan fingerprint density at radius 1 is 1.57 bits per heavy atom. The zero-order chi connectivity index (χ0) is 10.3. The van der Waals surface area contributed by atoms with Crippen molar-refractivity contribution in [2.45, 2.75) is 13.3 Å². The summed E-state index contributed by atoms with van der Waals surface area (Å²) in [6.07, 6.45) is 0.155. The van der Waals surface area contributed by atoms with E-state index in [4.69, 9.17) is 9.84 Å². The Labute approximate surface area is 80.0 Å². The number of esters is 1. The molecule has 0 unspecified atom stereocenters. The Bertz CT molecular complexity index is 392. The number of aliphatic carboxylic acids is 1. The highest BCUT2D eigenvalue weighted by Crippen LogP contribution is 2.27. The topological polar surface area (TPSA) is 75.6 Å². The molecule has 2 rings (SSSR count). The van der Waals surface area contributed by atoms with Gasteiger partial charge < -0.3 is 15.2 Å². The van der Waals surface area contributed by atoms with Crippen molar-refractivity contribution in [2.24, 2.45) is 0 Å². The molecule has 0 atom stereocenters. The van der Waals surface area contributed by atoms with Gasteiger partial charge in [0.05, 0.1) is 16.8 Å². The fourth-order valence-corrected chi connectivity index (χ4v) is 1.57. The zero-order valence-corrected chi connectivity index (χ0v) is 7.59. The smallest absolute Gasteiger partial charge is 0.336 e. The second-order valence-corrected chi connectivity index (χ2v) is 3.24. The molecule has 0 fully saturated rings. The number of carboxylic acid groups (broad SMARTS) is 1. The fraction of sp³-hybridized carbons (Fsp3) is 0.333. The average molecular weight is 195 g/mol. The largest absolute Gasteiger partial charge is 0.478 e. The number of nitrogens with one attached hydrogen (secondary N) is 1. The number of hydrogen-bond acceptors (Lipinski definition) is 4. The van der Waals surface area contributed by atoms with Crippen molar-refractivity contribution in [2.75, 3.05) is 6.61 Å². The van der Waals surface area contributed by atoms with Gasteiger partial charge in [-0.2, -0.15) is 0 Å². The Balaban J connectivity index is 2.32. The number of ether oxygens (including phenoxy) is 1. The minimum atomic E-state index is -0.999. The van der Waals surface area contributed by atoms with Gasteiger partial charge in [0.25, 0.3) is 0 Å². The van der Waals surface area contributed by atoms with Crippen molar-refractivity contribution in [3.8, 4) is 0 Å². The standard InChI is InChI=1S/C9H9NO4/c1-4-5(8(11)12)2-6-7(10-4)3-14-9(6)13/h10H,2-3H2,1H3,(H,11,12). The third-order valence-electron chi connectivity index (χ3n) is 2.36. The summed E-state index contributed by atoms with van der Waals surface area (Å²) in [4.78, 5) is 21.9. The van der Waals surface area contributed by atoms with Crippen LogP contribution < -0.4 is 5.32 Å². The SMILES string of the molecule is CC1=C(C(=O)O)CC2=C(COC2=O)N1. The van der Waals surface area contributed by atoms with Crippen LogP contribution in [0, 0.1) is 0 Å². The van der Waals surface area contributed by atoms with Gasteiger partial charge >= 0.3 is 11.9 Å². The molecular formula is C9H9NO4. The lowest BCUT2D eigenvalue weighted by Gasteiger charge is -2.16. The molecule has 0 saturated heterocycles. The van der Waals surface area contributed by atoms with E-state index in [1.807, 2.05) is 0 Å². The van der Waals surface area contributed by atoms with Crippen molar-refractivity contribution in [1.29, 1.82) is 0 Å². The van der Waals surface area contributed by atoms with E-state index in [2.05, 4.69) is 5.32 Å². The predicted molar refractivity (Wildman–Crippen MR) is 46.1 cm³/mol. The van der Waals surface area contributed by atoms with Crippen LogP contribution in [0.4, 0.5) is 0 Å². The van der Waals surface area contributed by atoms with Gasteiger partial charge in [-0.25, -0.2) is 9.59 Å². The Kier molecular flexibility index (Phi) is 1.80. The van der Waals surface area contributed by atoms with E-state index in [-0.39, 0.29) is 18.6 Å². The summed E-state index contributed by atoms with van der Waals surface area (Å²) in [5, 5.41) is 11.7. The van der Waals surface area contributed by atoms with Gasteiger partial charge in [-0.3, -0.25) is 0 Å². The molecule has 0 amide bonds. The molecule has 5 heteroatoms. The van der Waals surface area contributed by atoms with Crippen molar-refractivity contribution in [3.63, 3.8) is 0 Å². The highest BCUT2D eigenvalue weighted by Gasteiger charge is 2.31. The first-order valence-electron chi connectivity index (χ1n) is 4.19. The van der Waals surface area contributed by atoms with Crippen molar-refractivity contribution in [1.82, 2.24) is 5.32 Å². The molecular weight excluding hydrogens is 186 g/mol. The Morgan fingerprint density at radius 2 is 2.29 bits per heavy atom. The van der Waals surface area contributed by atoms with Crippen LogP contribution in [0.25, 0.3) is 0 Å². The van der Waals surface area contributed by atoms with Gasteiger partial charge in [0.1, 0.15) is 6.61 Å². The van der Waals surface area contributed by atoms with Gasteiger partial charge in [-0.05, 0) is 6.92 Å². The van der Waals surface area contributed by atoms with Gasteiger partial charge in [0, 0.05) is 12.1 Å². The van der Waals surface area contributed by atoms with E-state index in [0.29, 0.717) is 17.0 Å². The maximum Gasteiger partial charge on any atom is 0.336 e. The minimum Gasteiger partial charge on any atom is -0.478 e. The first-order chi connectivity index (χ1) is 6.59. The molecule has 5 nitrogen and oxygen atoms in total. The second kappa shape index (κ2) is 2.87. The summed E-state index contributed by atoms with van der Waals surface area (Å²) >= 11 is 0. The molecule has 2 heterocycles. The van der Waals surface area contributed by atoms with E-state index < -0.39 is 11.9 Å². The molecule has 0 aromatic heterocycles. The number of carbonyl (C=O) groups is 2. The highest BCUT2D eigenvalue weighted by atomic mass is 16.5. The first-order valence-corrected chi connectivity index (χ1v) is 4.19. The molecule has 0 aromatic carbocycles. The van der Waals surface area contributed by atoms with Gasteiger partial charge in [-0.1, -0.05) is 0 Å². The third-order valence-corrected chi connectivity index (χ3v) is 2.36. The van der Waals surface area contributed by atoms with Crippen LogP contribution in [-0.2, 0) is 14.3 Å². The Hall–Kier alpha value is -1.78. The van der Waals surface area contributed by atoms with E-state index in [1.54, 1.807) is 6.92 Å². The summed E-state index contributed by atoms with van der Waals surface area (Å²) in [7, 11) is 0. The van der Waals surface area contributed by atoms with E-state index in [9.17, 15) is 9.59 Å². The first kappa shape index (κ1) is 8.80.